The Kier molecular flexibility index (Phi) is 4.27. The van der Waals surface area contributed by atoms with Crippen LogP contribution in [0.3, 0.4) is 0 Å². The quantitative estimate of drug-likeness (QED) is 0.913. The van der Waals surface area contributed by atoms with E-state index in [0.29, 0.717) is 5.54 Å². The molecule has 0 bridgehead atoms. The van der Waals surface area contributed by atoms with Gasteiger partial charge in [0.2, 0.25) is 0 Å². The van der Waals surface area contributed by atoms with Gasteiger partial charge in [-0.05, 0) is 38.8 Å². The van der Waals surface area contributed by atoms with Crippen molar-refractivity contribution in [2.75, 3.05) is 26.2 Å². The summed E-state index contributed by atoms with van der Waals surface area (Å²) < 4.78 is 5.74. The molecular formula is C17H26N2O. The lowest BCUT2D eigenvalue weighted by atomic mass is 9.88. The summed E-state index contributed by atoms with van der Waals surface area (Å²) in [5.41, 5.74) is 1.72. The van der Waals surface area contributed by atoms with Gasteiger partial charge in [-0.25, -0.2) is 0 Å². The molecule has 0 aliphatic carbocycles. The molecule has 1 atom stereocenters. The van der Waals surface area contributed by atoms with Crippen LogP contribution in [-0.2, 0) is 6.54 Å². The van der Waals surface area contributed by atoms with E-state index in [9.17, 15) is 0 Å². The third-order valence-electron chi connectivity index (χ3n) is 4.68. The van der Waals surface area contributed by atoms with Crippen LogP contribution < -0.4 is 10.1 Å². The van der Waals surface area contributed by atoms with Crippen molar-refractivity contribution in [3.05, 3.63) is 29.8 Å². The maximum Gasteiger partial charge on any atom is 0.123 e. The van der Waals surface area contributed by atoms with E-state index in [4.69, 9.17) is 4.74 Å². The lowest BCUT2D eigenvalue weighted by Gasteiger charge is -2.35. The number of ether oxygens (including phenoxy) is 1. The maximum atomic E-state index is 5.74. The molecule has 3 heteroatoms. The molecule has 2 aliphatic heterocycles. The highest BCUT2D eigenvalue weighted by Crippen LogP contribution is 2.31. The van der Waals surface area contributed by atoms with Crippen LogP contribution in [0, 0.1) is 0 Å². The summed E-state index contributed by atoms with van der Waals surface area (Å²) in [7, 11) is 0. The van der Waals surface area contributed by atoms with Crippen molar-refractivity contribution in [2.24, 2.45) is 0 Å². The molecule has 0 amide bonds. The molecule has 110 valence electrons. The molecule has 0 saturated carbocycles. The van der Waals surface area contributed by atoms with Gasteiger partial charge in [-0.15, -0.1) is 0 Å². The SMILES string of the molecule is CCOc1ccccc1CN1CCC2(CCCCN2)C1. The molecule has 1 unspecified atom stereocenters. The van der Waals surface area contributed by atoms with Crippen molar-refractivity contribution in [2.45, 2.75) is 44.7 Å². The zero-order valence-corrected chi connectivity index (χ0v) is 12.5. The highest BCUT2D eigenvalue weighted by molar-refractivity contribution is 5.33. The number of nitrogens with one attached hydrogen (secondary N) is 1. The Balaban J connectivity index is 1.64. The van der Waals surface area contributed by atoms with Crippen molar-refractivity contribution in [1.82, 2.24) is 10.2 Å². The summed E-state index contributed by atoms with van der Waals surface area (Å²) in [5.74, 6) is 1.05. The predicted molar refractivity (Wildman–Crippen MR) is 82.1 cm³/mol. The Morgan fingerprint density at radius 3 is 2.95 bits per heavy atom. The van der Waals surface area contributed by atoms with Crippen molar-refractivity contribution in [1.29, 1.82) is 0 Å². The Morgan fingerprint density at radius 1 is 1.25 bits per heavy atom. The Labute approximate surface area is 122 Å². The van der Waals surface area contributed by atoms with E-state index in [1.807, 2.05) is 6.92 Å². The maximum absolute atomic E-state index is 5.74. The second kappa shape index (κ2) is 6.15. The van der Waals surface area contributed by atoms with E-state index >= 15 is 0 Å². The van der Waals surface area contributed by atoms with Gasteiger partial charge in [-0.2, -0.15) is 0 Å². The topological polar surface area (TPSA) is 24.5 Å². The molecule has 2 saturated heterocycles. The minimum absolute atomic E-state index is 0.402. The zero-order valence-electron chi connectivity index (χ0n) is 12.5. The van der Waals surface area contributed by atoms with E-state index in [2.05, 4.69) is 34.5 Å². The van der Waals surface area contributed by atoms with Gasteiger partial charge < -0.3 is 10.1 Å². The third-order valence-corrected chi connectivity index (χ3v) is 4.68. The van der Waals surface area contributed by atoms with Gasteiger partial charge in [-0.3, -0.25) is 4.90 Å². The number of hydrogen-bond donors (Lipinski definition) is 1. The van der Waals surface area contributed by atoms with Crippen molar-refractivity contribution >= 4 is 0 Å². The minimum atomic E-state index is 0.402. The molecule has 2 aliphatic rings. The Morgan fingerprint density at radius 2 is 2.15 bits per heavy atom. The van der Waals surface area contributed by atoms with Crippen LogP contribution >= 0.6 is 0 Å². The number of likely N-dealkylation sites (tertiary alicyclic amines) is 1. The van der Waals surface area contributed by atoms with E-state index < -0.39 is 0 Å². The van der Waals surface area contributed by atoms with E-state index in [-0.39, 0.29) is 0 Å². The fraction of sp³-hybridized carbons (Fsp3) is 0.647. The van der Waals surface area contributed by atoms with E-state index in [1.165, 1.54) is 50.9 Å². The molecule has 0 radical (unpaired) electrons. The van der Waals surface area contributed by atoms with Crippen LogP contribution in [0.4, 0.5) is 0 Å². The molecule has 0 aromatic heterocycles. The number of nitrogens with zero attached hydrogens (tertiary/aromatic N) is 1. The first-order chi connectivity index (χ1) is 9.81. The van der Waals surface area contributed by atoms with Crippen LogP contribution in [0.5, 0.6) is 5.75 Å². The first kappa shape index (κ1) is 13.9. The monoisotopic (exact) mass is 274 g/mol. The molecule has 1 N–H and O–H groups in total. The fourth-order valence-electron chi connectivity index (χ4n) is 3.64. The van der Waals surface area contributed by atoms with E-state index in [0.717, 1.165) is 18.9 Å². The lowest BCUT2D eigenvalue weighted by molar-refractivity contribution is 0.232. The third kappa shape index (κ3) is 2.99. The first-order valence-corrected chi connectivity index (χ1v) is 7.99. The molecule has 20 heavy (non-hydrogen) atoms. The first-order valence-electron chi connectivity index (χ1n) is 7.99. The Bertz CT molecular complexity index is 440. The number of rotatable bonds is 4. The average Bonchev–Trinajstić information content (AvgIpc) is 2.85. The summed E-state index contributed by atoms with van der Waals surface area (Å²) in [6.45, 7) is 7.39. The van der Waals surface area contributed by atoms with Crippen LogP contribution in [0.1, 0.15) is 38.2 Å². The predicted octanol–water partition coefficient (Wildman–Crippen LogP) is 2.80. The van der Waals surface area contributed by atoms with Gasteiger partial charge in [0.15, 0.2) is 0 Å². The van der Waals surface area contributed by atoms with Crippen LogP contribution in [0.2, 0.25) is 0 Å². The molecule has 1 aromatic rings. The molecule has 3 nitrogen and oxygen atoms in total. The van der Waals surface area contributed by atoms with Crippen LogP contribution in [0.25, 0.3) is 0 Å². The summed E-state index contributed by atoms with van der Waals surface area (Å²) in [5, 5.41) is 3.78. The highest BCUT2D eigenvalue weighted by Gasteiger charge is 2.38. The van der Waals surface area contributed by atoms with Crippen molar-refractivity contribution in [3.8, 4) is 5.75 Å². The van der Waals surface area contributed by atoms with Crippen molar-refractivity contribution in [3.63, 3.8) is 0 Å². The number of para-hydroxylation sites is 1. The zero-order chi connectivity index (χ0) is 13.8. The van der Waals surface area contributed by atoms with Gasteiger partial charge in [0.05, 0.1) is 6.61 Å². The number of piperidine rings is 1. The van der Waals surface area contributed by atoms with Gasteiger partial charge in [-0.1, -0.05) is 24.6 Å². The number of hydrogen-bond acceptors (Lipinski definition) is 3. The van der Waals surface area contributed by atoms with Gasteiger partial charge in [0.1, 0.15) is 5.75 Å². The highest BCUT2D eigenvalue weighted by atomic mass is 16.5. The van der Waals surface area contributed by atoms with Gasteiger partial charge in [0, 0.05) is 30.7 Å². The van der Waals surface area contributed by atoms with Crippen LogP contribution in [0.15, 0.2) is 24.3 Å². The average molecular weight is 274 g/mol. The molecule has 3 rings (SSSR count). The summed E-state index contributed by atoms with van der Waals surface area (Å²) >= 11 is 0. The second-order valence-electron chi connectivity index (χ2n) is 6.17. The Hall–Kier alpha value is -1.06. The summed E-state index contributed by atoms with van der Waals surface area (Å²) in [6.07, 6.45) is 5.37. The molecular weight excluding hydrogens is 248 g/mol. The lowest BCUT2D eigenvalue weighted by Crippen LogP contribution is -2.50. The summed E-state index contributed by atoms with van der Waals surface area (Å²) in [6, 6.07) is 8.46. The molecule has 1 spiro atoms. The molecule has 2 heterocycles. The molecule has 2 fully saturated rings. The van der Waals surface area contributed by atoms with Gasteiger partial charge in [0.25, 0.3) is 0 Å². The number of benzene rings is 1. The van der Waals surface area contributed by atoms with Gasteiger partial charge >= 0.3 is 0 Å². The fourth-order valence-corrected chi connectivity index (χ4v) is 3.64. The second-order valence-corrected chi connectivity index (χ2v) is 6.17. The van der Waals surface area contributed by atoms with Crippen LogP contribution in [-0.4, -0.2) is 36.7 Å². The molecule has 1 aromatic carbocycles. The normalized spacial score (nSPS) is 27.1. The van der Waals surface area contributed by atoms with E-state index in [1.54, 1.807) is 0 Å². The standard InChI is InChI=1S/C17H26N2O/c1-2-20-16-8-4-3-7-15(16)13-19-12-10-17(14-19)9-5-6-11-18-17/h3-4,7-8,18H,2,5-6,9-14H2,1H3. The largest absolute Gasteiger partial charge is 0.494 e. The van der Waals surface area contributed by atoms with Crippen molar-refractivity contribution < 1.29 is 4.74 Å². The summed E-state index contributed by atoms with van der Waals surface area (Å²) in [4.78, 5) is 2.58. The smallest absolute Gasteiger partial charge is 0.123 e. The minimum Gasteiger partial charge on any atom is -0.494 e.